The van der Waals surface area contributed by atoms with E-state index in [1.165, 1.54) is 0 Å². The molecule has 0 spiro atoms. The highest BCUT2D eigenvalue weighted by atomic mass is 32.2. The Labute approximate surface area is 173 Å². The normalized spacial score (nSPS) is 11.4. The van der Waals surface area contributed by atoms with E-state index >= 15 is 0 Å². The maximum Gasteiger partial charge on any atom is 0.152 e. The van der Waals surface area contributed by atoms with Crippen molar-refractivity contribution in [3.05, 3.63) is 48.5 Å². The summed E-state index contributed by atoms with van der Waals surface area (Å²) in [5, 5.41) is 47.1. The Balaban J connectivity index is 1.95. The smallest absolute Gasteiger partial charge is 0.152 e. The van der Waals surface area contributed by atoms with Gasteiger partial charge >= 0.3 is 0 Å². The summed E-state index contributed by atoms with van der Waals surface area (Å²) >= 11 is 1.49. The number of fused-ring (bicyclic) bond motifs is 1. The van der Waals surface area contributed by atoms with Crippen LogP contribution < -0.4 is 5.32 Å². The minimum Gasteiger partial charge on any atom is -0.505 e. The predicted molar refractivity (Wildman–Crippen MR) is 107 cm³/mol. The molecule has 0 radical (unpaired) electrons. The van der Waals surface area contributed by atoms with Gasteiger partial charge in [0.05, 0.1) is 34.7 Å². The molecule has 0 saturated heterocycles. The molecule has 3 aromatic carbocycles. The van der Waals surface area contributed by atoms with Crippen LogP contribution in [0.15, 0.2) is 68.6 Å². The van der Waals surface area contributed by atoms with Gasteiger partial charge in [0.25, 0.3) is 0 Å². The fourth-order valence-electron chi connectivity index (χ4n) is 2.45. The van der Waals surface area contributed by atoms with Crippen LogP contribution in [-0.2, 0) is 18.7 Å². The van der Waals surface area contributed by atoms with E-state index < -0.39 is 0 Å². The fraction of sp³-hybridized carbons (Fsp3) is 0.0588. The van der Waals surface area contributed by atoms with E-state index in [2.05, 4.69) is 34.3 Å². The van der Waals surface area contributed by atoms with E-state index in [4.69, 9.17) is 10.5 Å². The van der Waals surface area contributed by atoms with Crippen molar-refractivity contribution in [2.45, 2.75) is 9.79 Å². The zero-order valence-corrected chi connectivity index (χ0v) is 16.4. The van der Waals surface area contributed by atoms with Crippen molar-refractivity contribution in [1.82, 2.24) is 0 Å². The number of hydrogen-bond donors (Lipinski definition) is 4. The molecule has 0 aromatic heterocycles. The molecule has 0 amide bonds. The number of nitrogens with zero attached hydrogens (tertiary/aromatic N) is 2. The van der Waals surface area contributed by atoms with Crippen LogP contribution in [0.1, 0.15) is 0 Å². The van der Waals surface area contributed by atoms with Gasteiger partial charge in [-0.2, -0.15) is 5.11 Å². The molecule has 12 heteroatoms. The lowest BCUT2D eigenvalue weighted by molar-refractivity contribution is -0.432. The number of nitrogens with one attached hydrogen (secondary N) is 1. The molecule has 0 bridgehead atoms. The Bertz CT molecular complexity index is 1000. The maximum atomic E-state index is 10.7. The number of aromatic hydroxyl groups is 1. The van der Waals surface area contributed by atoms with E-state index in [0.717, 1.165) is 23.1 Å². The Hall–Kier alpha value is -2.42. The van der Waals surface area contributed by atoms with Crippen LogP contribution in [0, 0.1) is 0 Å². The van der Waals surface area contributed by atoms with Crippen LogP contribution in [0.5, 0.6) is 5.75 Å². The van der Waals surface area contributed by atoms with Crippen LogP contribution in [0.25, 0.3) is 10.8 Å². The van der Waals surface area contributed by atoms with E-state index in [1.54, 1.807) is 43.4 Å². The average Bonchev–Trinajstić information content (AvgIpc) is 2.76. The summed E-state index contributed by atoms with van der Waals surface area (Å²) in [7, 11) is 1.79. The number of phenolic OH excluding ortho intramolecular Hbond substituents is 1. The minimum absolute atomic E-state index is 0.0985. The summed E-state index contributed by atoms with van der Waals surface area (Å²) in [5.41, 5.74) is 1.50. The number of azo groups is 1. The standard InChI is InChI=1S/C17H15N3O7S2/c1-18-12-4-7-14-10(8-12)9-15(29-27-25-23)16(17(14)21)20-19-11-2-5-13(6-3-11)28-26-24-22/h2-9,18,21-23H,1H3. The number of phenols is 1. The van der Waals surface area contributed by atoms with E-state index in [0.29, 0.717) is 32.9 Å². The molecule has 3 rings (SSSR count). The van der Waals surface area contributed by atoms with Crippen molar-refractivity contribution in [3.8, 4) is 5.75 Å². The molecule has 29 heavy (non-hydrogen) atoms. The lowest BCUT2D eigenvalue weighted by Crippen LogP contribution is -1.88. The number of benzene rings is 3. The van der Waals surface area contributed by atoms with Crippen molar-refractivity contribution in [3.63, 3.8) is 0 Å². The Kier molecular flexibility index (Phi) is 7.62. The van der Waals surface area contributed by atoms with Gasteiger partial charge in [0.1, 0.15) is 5.69 Å². The molecular formula is C17H15N3O7S2. The second-order valence-electron chi connectivity index (χ2n) is 5.40. The second kappa shape index (κ2) is 10.4. The average molecular weight is 437 g/mol. The highest BCUT2D eigenvalue weighted by Crippen LogP contribution is 2.44. The summed E-state index contributed by atoms with van der Waals surface area (Å²) in [6.45, 7) is 0. The number of rotatable bonds is 9. The monoisotopic (exact) mass is 437 g/mol. The quantitative estimate of drug-likeness (QED) is 0.139. The molecule has 4 N–H and O–H groups in total. The molecule has 152 valence electrons. The largest absolute Gasteiger partial charge is 0.505 e. The molecule has 10 nitrogen and oxygen atoms in total. The summed E-state index contributed by atoms with van der Waals surface area (Å²) in [6, 6.07) is 13.8. The summed E-state index contributed by atoms with van der Waals surface area (Å²) in [4.78, 5) is 1.04. The zero-order chi connectivity index (χ0) is 20.6. The Morgan fingerprint density at radius 1 is 0.897 bits per heavy atom. The highest BCUT2D eigenvalue weighted by Gasteiger charge is 2.15. The lowest BCUT2D eigenvalue weighted by atomic mass is 10.1. The third-order valence-corrected chi connectivity index (χ3v) is 4.97. The van der Waals surface area contributed by atoms with Crippen LogP contribution in [0.4, 0.5) is 17.1 Å². The van der Waals surface area contributed by atoms with Crippen LogP contribution in [0.2, 0.25) is 0 Å². The first-order valence-electron chi connectivity index (χ1n) is 7.95. The minimum atomic E-state index is -0.0985. The highest BCUT2D eigenvalue weighted by molar-refractivity contribution is 7.94. The van der Waals surface area contributed by atoms with Crippen molar-refractivity contribution in [2.24, 2.45) is 10.2 Å². The first kappa shape index (κ1) is 21.3. The Morgan fingerprint density at radius 2 is 1.62 bits per heavy atom. The topological polar surface area (TPSA) is 134 Å². The molecule has 0 unspecified atom stereocenters. The van der Waals surface area contributed by atoms with Crippen molar-refractivity contribution < 1.29 is 34.4 Å². The summed E-state index contributed by atoms with van der Waals surface area (Å²) < 4.78 is 8.87. The van der Waals surface area contributed by atoms with E-state index in [-0.39, 0.29) is 11.4 Å². The van der Waals surface area contributed by atoms with Crippen molar-refractivity contribution >= 4 is 51.9 Å². The summed E-state index contributed by atoms with van der Waals surface area (Å²) in [6.07, 6.45) is 0. The molecule has 0 aliphatic heterocycles. The van der Waals surface area contributed by atoms with Gasteiger partial charge in [-0.05, 0) is 53.9 Å². The maximum absolute atomic E-state index is 10.7. The van der Waals surface area contributed by atoms with Gasteiger partial charge in [0.2, 0.25) is 0 Å². The SMILES string of the molecule is CNc1ccc2c(O)c(N=Nc3ccc(SOOO)cc3)c(SOOO)cc2c1. The zero-order valence-electron chi connectivity index (χ0n) is 14.8. The fourth-order valence-corrected chi connectivity index (χ4v) is 3.30. The van der Waals surface area contributed by atoms with Crippen molar-refractivity contribution in [2.75, 3.05) is 12.4 Å². The van der Waals surface area contributed by atoms with Gasteiger partial charge < -0.3 is 10.4 Å². The first-order valence-corrected chi connectivity index (χ1v) is 9.43. The molecular weight excluding hydrogens is 422 g/mol. The third kappa shape index (κ3) is 5.35. The van der Waals surface area contributed by atoms with Crippen LogP contribution >= 0.6 is 24.1 Å². The molecule has 0 fully saturated rings. The molecule has 0 aliphatic rings. The Morgan fingerprint density at radius 3 is 2.31 bits per heavy atom. The predicted octanol–water partition coefficient (Wildman–Crippen LogP) is 5.86. The molecule has 0 aliphatic carbocycles. The third-order valence-electron chi connectivity index (χ3n) is 3.76. The lowest BCUT2D eigenvalue weighted by Gasteiger charge is -2.10. The van der Waals surface area contributed by atoms with Gasteiger partial charge in [-0.1, -0.05) is 10.1 Å². The van der Waals surface area contributed by atoms with Crippen LogP contribution in [-0.4, -0.2) is 22.7 Å². The molecule has 0 atom stereocenters. The van der Waals surface area contributed by atoms with E-state index in [1.807, 2.05) is 12.1 Å². The number of anilines is 1. The summed E-state index contributed by atoms with van der Waals surface area (Å²) in [5.74, 6) is -0.0985. The van der Waals surface area contributed by atoms with Gasteiger partial charge in [0, 0.05) is 23.0 Å². The van der Waals surface area contributed by atoms with Gasteiger partial charge in [-0.15, -0.1) is 13.8 Å². The molecule has 0 heterocycles. The molecule has 0 saturated carbocycles. The van der Waals surface area contributed by atoms with Gasteiger partial charge in [-0.3, -0.25) is 0 Å². The number of hydrogen-bond acceptors (Lipinski definition) is 12. The van der Waals surface area contributed by atoms with Gasteiger partial charge in [-0.25, -0.2) is 10.5 Å². The van der Waals surface area contributed by atoms with Crippen LogP contribution in [0.3, 0.4) is 0 Å². The van der Waals surface area contributed by atoms with Crippen molar-refractivity contribution in [1.29, 1.82) is 0 Å². The first-order chi connectivity index (χ1) is 14.2. The van der Waals surface area contributed by atoms with Gasteiger partial charge in [0.15, 0.2) is 5.75 Å². The van der Waals surface area contributed by atoms with E-state index in [9.17, 15) is 5.11 Å². The second-order valence-corrected chi connectivity index (χ2v) is 6.92. The molecule has 3 aromatic rings.